The quantitative estimate of drug-likeness (QED) is 0.562. The van der Waals surface area contributed by atoms with Crippen LogP contribution in [0.1, 0.15) is 36.8 Å². The van der Waals surface area contributed by atoms with E-state index < -0.39 is 0 Å². The fraction of sp³-hybridized carbons (Fsp3) is 0.333. The van der Waals surface area contributed by atoms with Crippen LogP contribution >= 0.6 is 0 Å². The van der Waals surface area contributed by atoms with Gasteiger partial charge in [-0.15, -0.1) is 0 Å². The van der Waals surface area contributed by atoms with Crippen LogP contribution in [0.3, 0.4) is 0 Å². The second kappa shape index (κ2) is 4.64. The Balaban J connectivity index is 1.77. The second-order valence-electron chi connectivity index (χ2n) is 5.98. The minimum absolute atomic E-state index is 0.519. The van der Waals surface area contributed by atoms with Crippen LogP contribution in [0.25, 0.3) is 11.1 Å². The van der Waals surface area contributed by atoms with Crippen LogP contribution in [0.2, 0.25) is 0 Å². The van der Waals surface area contributed by atoms with Crippen molar-refractivity contribution in [3.05, 3.63) is 53.6 Å². The van der Waals surface area contributed by atoms with Gasteiger partial charge in [0.25, 0.3) is 0 Å². The van der Waals surface area contributed by atoms with Crippen molar-refractivity contribution in [2.75, 3.05) is 5.01 Å². The van der Waals surface area contributed by atoms with Gasteiger partial charge in [0.15, 0.2) is 0 Å². The Morgan fingerprint density at radius 3 is 2.50 bits per heavy atom. The van der Waals surface area contributed by atoms with E-state index in [1.807, 2.05) is 5.01 Å². The van der Waals surface area contributed by atoms with Gasteiger partial charge in [0, 0.05) is 12.5 Å². The lowest BCUT2D eigenvalue weighted by molar-refractivity contribution is 0.621. The zero-order valence-corrected chi connectivity index (χ0v) is 11.7. The Bertz CT molecular complexity index is 642. The zero-order chi connectivity index (χ0) is 13.5. The van der Waals surface area contributed by atoms with Crippen molar-refractivity contribution in [1.29, 1.82) is 0 Å². The highest BCUT2D eigenvalue weighted by atomic mass is 15.4. The summed E-state index contributed by atoms with van der Waals surface area (Å²) in [5.41, 5.74) is 6.80. The highest BCUT2D eigenvalue weighted by molar-refractivity contribution is 5.82. The van der Waals surface area contributed by atoms with Crippen molar-refractivity contribution < 1.29 is 0 Å². The standard InChI is InChI=1S/C18H20N2/c19-20(14-7-2-3-8-14)18-11-5-10-16-15-9-4-1-6-13(15)12-17(16)18/h1,4-6,9-11,14H,2-3,7-8,12,19H2. The molecule has 0 atom stereocenters. The van der Waals surface area contributed by atoms with Gasteiger partial charge in [0.05, 0.1) is 5.69 Å². The molecular weight excluding hydrogens is 244 g/mol. The SMILES string of the molecule is NN(c1cccc2c1Cc1ccccc1-2)C1CCCC1. The normalized spacial score (nSPS) is 17.1. The van der Waals surface area contributed by atoms with Gasteiger partial charge in [-0.1, -0.05) is 49.2 Å². The lowest BCUT2D eigenvalue weighted by atomic mass is 10.0. The average molecular weight is 264 g/mol. The molecule has 2 heteroatoms. The van der Waals surface area contributed by atoms with Gasteiger partial charge >= 0.3 is 0 Å². The monoisotopic (exact) mass is 264 g/mol. The molecule has 2 aromatic carbocycles. The number of hydrazine groups is 1. The average Bonchev–Trinajstić information content (AvgIpc) is 3.13. The molecule has 0 radical (unpaired) electrons. The summed E-state index contributed by atoms with van der Waals surface area (Å²) in [5, 5.41) is 2.04. The fourth-order valence-corrected chi connectivity index (χ4v) is 3.76. The third kappa shape index (κ3) is 1.75. The maximum atomic E-state index is 6.44. The Morgan fingerprint density at radius 1 is 0.900 bits per heavy atom. The summed E-state index contributed by atoms with van der Waals surface area (Å²) in [5.74, 6) is 6.44. The molecule has 0 aliphatic heterocycles. The third-order valence-electron chi connectivity index (χ3n) is 4.82. The fourth-order valence-electron chi connectivity index (χ4n) is 3.76. The van der Waals surface area contributed by atoms with E-state index in [1.54, 1.807) is 0 Å². The summed E-state index contributed by atoms with van der Waals surface area (Å²) in [4.78, 5) is 0. The number of hydrogen-bond donors (Lipinski definition) is 1. The number of nitrogens with zero attached hydrogens (tertiary/aromatic N) is 1. The van der Waals surface area contributed by atoms with E-state index in [9.17, 15) is 0 Å². The maximum Gasteiger partial charge on any atom is 0.0562 e. The summed E-state index contributed by atoms with van der Waals surface area (Å²) in [7, 11) is 0. The van der Waals surface area contributed by atoms with E-state index in [0.29, 0.717) is 6.04 Å². The van der Waals surface area contributed by atoms with Crippen LogP contribution in [-0.2, 0) is 6.42 Å². The largest absolute Gasteiger partial charge is 0.308 e. The molecular formula is C18H20N2. The van der Waals surface area contributed by atoms with Gasteiger partial charge in [0.1, 0.15) is 0 Å². The second-order valence-corrected chi connectivity index (χ2v) is 5.98. The van der Waals surface area contributed by atoms with Gasteiger partial charge in [-0.2, -0.15) is 0 Å². The minimum Gasteiger partial charge on any atom is -0.308 e. The van der Waals surface area contributed by atoms with Crippen molar-refractivity contribution in [2.24, 2.45) is 5.84 Å². The van der Waals surface area contributed by atoms with Crippen molar-refractivity contribution in [3.8, 4) is 11.1 Å². The van der Waals surface area contributed by atoms with Gasteiger partial charge in [-0.3, -0.25) is 0 Å². The molecule has 20 heavy (non-hydrogen) atoms. The predicted molar refractivity (Wildman–Crippen MR) is 83.6 cm³/mol. The van der Waals surface area contributed by atoms with E-state index in [-0.39, 0.29) is 0 Å². The number of benzene rings is 2. The van der Waals surface area contributed by atoms with Gasteiger partial charge in [-0.25, -0.2) is 5.84 Å². The number of anilines is 1. The summed E-state index contributed by atoms with van der Waals surface area (Å²) >= 11 is 0. The van der Waals surface area contributed by atoms with Crippen LogP contribution in [0.4, 0.5) is 5.69 Å². The van der Waals surface area contributed by atoms with Crippen molar-refractivity contribution >= 4 is 5.69 Å². The first kappa shape index (κ1) is 12.0. The molecule has 1 saturated carbocycles. The summed E-state index contributed by atoms with van der Waals surface area (Å²) in [6.07, 6.45) is 6.10. The minimum atomic E-state index is 0.519. The number of nitrogens with two attached hydrogens (primary N) is 1. The summed E-state index contributed by atoms with van der Waals surface area (Å²) in [6.45, 7) is 0. The molecule has 1 fully saturated rings. The van der Waals surface area contributed by atoms with Crippen molar-refractivity contribution in [2.45, 2.75) is 38.1 Å². The molecule has 2 aliphatic carbocycles. The van der Waals surface area contributed by atoms with Crippen LogP contribution in [0, 0.1) is 0 Å². The molecule has 0 amide bonds. The highest BCUT2D eigenvalue weighted by Crippen LogP contribution is 2.41. The Hall–Kier alpha value is -1.80. The van der Waals surface area contributed by atoms with E-state index in [1.165, 1.54) is 53.6 Å². The molecule has 2 N–H and O–H groups in total. The number of fused-ring (bicyclic) bond motifs is 3. The predicted octanol–water partition coefficient (Wildman–Crippen LogP) is 3.88. The molecule has 2 aromatic rings. The topological polar surface area (TPSA) is 29.3 Å². The molecule has 4 rings (SSSR count). The smallest absolute Gasteiger partial charge is 0.0562 e. The van der Waals surface area contributed by atoms with Crippen LogP contribution < -0.4 is 10.9 Å². The number of rotatable bonds is 2. The molecule has 0 aromatic heterocycles. The van der Waals surface area contributed by atoms with E-state index in [0.717, 1.165) is 6.42 Å². The van der Waals surface area contributed by atoms with E-state index in [2.05, 4.69) is 42.5 Å². The van der Waals surface area contributed by atoms with Crippen LogP contribution in [0.5, 0.6) is 0 Å². The lowest BCUT2D eigenvalue weighted by Crippen LogP contribution is -2.40. The molecule has 0 spiro atoms. The molecule has 0 saturated heterocycles. The summed E-state index contributed by atoms with van der Waals surface area (Å²) < 4.78 is 0. The van der Waals surface area contributed by atoms with Crippen LogP contribution in [0.15, 0.2) is 42.5 Å². The summed E-state index contributed by atoms with van der Waals surface area (Å²) in [6, 6.07) is 15.8. The zero-order valence-electron chi connectivity index (χ0n) is 11.7. The first-order valence-electron chi connectivity index (χ1n) is 7.58. The van der Waals surface area contributed by atoms with Gasteiger partial charge in [-0.05, 0) is 41.2 Å². The maximum absolute atomic E-state index is 6.44. The molecule has 0 bridgehead atoms. The van der Waals surface area contributed by atoms with E-state index in [4.69, 9.17) is 5.84 Å². The number of hydrogen-bond acceptors (Lipinski definition) is 2. The Labute approximate surface area is 120 Å². The van der Waals surface area contributed by atoms with Crippen LogP contribution in [-0.4, -0.2) is 6.04 Å². The molecule has 0 unspecified atom stereocenters. The molecule has 2 nitrogen and oxygen atoms in total. The van der Waals surface area contributed by atoms with Crippen molar-refractivity contribution in [3.63, 3.8) is 0 Å². The first-order valence-corrected chi connectivity index (χ1v) is 7.58. The third-order valence-corrected chi connectivity index (χ3v) is 4.82. The van der Waals surface area contributed by atoms with Crippen molar-refractivity contribution in [1.82, 2.24) is 0 Å². The van der Waals surface area contributed by atoms with E-state index >= 15 is 0 Å². The Kier molecular flexibility index (Phi) is 2.78. The Morgan fingerprint density at radius 2 is 1.65 bits per heavy atom. The first-order chi connectivity index (χ1) is 9.84. The lowest BCUT2D eigenvalue weighted by Gasteiger charge is -2.27. The molecule has 0 heterocycles. The highest BCUT2D eigenvalue weighted by Gasteiger charge is 2.26. The van der Waals surface area contributed by atoms with Gasteiger partial charge in [0.2, 0.25) is 0 Å². The molecule has 2 aliphatic rings. The van der Waals surface area contributed by atoms with Gasteiger partial charge < -0.3 is 5.01 Å². The molecule has 102 valence electrons.